The maximum Gasteiger partial charge on any atom is 0.308 e. The summed E-state index contributed by atoms with van der Waals surface area (Å²) in [6, 6.07) is 0. The van der Waals surface area contributed by atoms with E-state index in [9.17, 15) is 9.90 Å². The van der Waals surface area contributed by atoms with Gasteiger partial charge >= 0.3 is 5.97 Å². The molecule has 0 aromatic heterocycles. The van der Waals surface area contributed by atoms with Gasteiger partial charge in [0.05, 0.1) is 12.5 Å². The minimum Gasteiger partial charge on any atom is -0.481 e. The van der Waals surface area contributed by atoms with Crippen LogP contribution in [0.25, 0.3) is 0 Å². The van der Waals surface area contributed by atoms with Crippen molar-refractivity contribution in [2.45, 2.75) is 46.0 Å². The molecule has 3 heteroatoms. The average molecular weight is 242 g/mol. The normalized spacial score (nSPS) is 20.7. The van der Waals surface area contributed by atoms with Gasteiger partial charge in [-0.3, -0.25) is 4.79 Å². The summed E-state index contributed by atoms with van der Waals surface area (Å²) in [5, 5.41) is 9.20. The van der Waals surface area contributed by atoms with Crippen molar-refractivity contribution in [3.8, 4) is 0 Å². The largest absolute Gasteiger partial charge is 0.481 e. The van der Waals surface area contributed by atoms with Crippen LogP contribution in [0.1, 0.15) is 46.0 Å². The van der Waals surface area contributed by atoms with E-state index in [-0.39, 0.29) is 5.92 Å². The summed E-state index contributed by atoms with van der Waals surface area (Å²) in [6.07, 6.45) is 5.96. The Kier molecular flexibility index (Phi) is 5.96. The summed E-state index contributed by atoms with van der Waals surface area (Å²) in [4.78, 5) is 11.2. The Labute approximate surface area is 105 Å². The highest BCUT2D eigenvalue weighted by Crippen LogP contribution is 2.38. The number of ether oxygens (including phenoxy) is 1. The summed E-state index contributed by atoms with van der Waals surface area (Å²) in [6.45, 7) is 4.77. The molecule has 1 fully saturated rings. The van der Waals surface area contributed by atoms with E-state index in [0.29, 0.717) is 18.4 Å². The third-order valence-corrected chi connectivity index (χ3v) is 4.14. The second-order valence-corrected chi connectivity index (χ2v) is 5.68. The summed E-state index contributed by atoms with van der Waals surface area (Å²) >= 11 is 0. The van der Waals surface area contributed by atoms with Crippen molar-refractivity contribution in [3.05, 3.63) is 0 Å². The summed E-state index contributed by atoms with van der Waals surface area (Å²) in [7, 11) is 1.58. The first kappa shape index (κ1) is 14.5. The number of carboxylic acids is 1. The van der Waals surface area contributed by atoms with Crippen molar-refractivity contribution < 1.29 is 14.6 Å². The molecule has 0 bridgehead atoms. The molecule has 0 aromatic carbocycles. The van der Waals surface area contributed by atoms with E-state index >= 15 is 0 Å². The predicted molar refractivity (Wildman–Crippen MR) is 67.9 cm³/mol. The molecule has 0 saturated heterocycles. The third-order valence-electron chi connectivity index (χ3n) is 4.14. The van der Waals surface area contributed by atoms with Gasteiger partial charge in [-0.15, -0.1) is 0 Å². The maximum absolute atomic E-state index is 11.2. The Hall–Kier alpha value is -0.570. The molecule has 3 nitrogen and oxygen atoms in total. The van der Waals surface area contributed by atoms with E-state index < -0.39 is 5.97 Å². The average Bonchev–Trinajstić information content (AvgIpc) is 2.76. The fourth-order valence-corrected chi connectivity index (χ4v) is 3.16. The van der Waals surface area contributed by atoms with Crippen molar-refractivity contribution >= 4 is 5.97 Å². The number of carboxylic acid groups (broad SMARTS) is 1. The van der Waals surface area contributed by atoms with Crippen LogP contribution in [0.15, 0.2) is 0 Å². The Balaban J connectivity index is 2.60. The van der Waals surface area contributed by atoms with Crippen molar-refractivity contribution in [2.24, 2.45) is 23.7 Å². The molecular weight excluding hydrogens is 216 g/mol. The standard InChI is InChI=1S/C14H26O3/c1-10(2)13(11-6-4-5-7-11)8-12(9-17-3)14(15)16/h10-13H,4-9H2,1-3H3,(H,15,16). The van der Waals surface area contributed by atoms with Crippen molar-refractivity contribution in [1.29, 1.82) is 0 Å². The molecule has 2 unspecified atom stereocenters. The van der Waals surface area contributed by atoms with E-state index in [2.05, 4.69) is 13.8 Å². The number of aliphatic carboxylic acids is 1. The minimum absolute atomic E-state index is 0.339. The van der Waals surface area contributed by atoms with E-state index in [1.807, 2.05) is 0 Å². The van der Waals surface area contributed by atoms with Crippen LogP contribution >= 0.6 is 0 Å². The van der Waals surface area contributed by atoms with Gasteiger partial charge in [0.15, 0.2) is 0 Å². The second-order valence-electron chi connectivity index (χ2n) is 5.68. The molecule has 100 valence electrons. The highest BCUT2D eigenvalue weighted by Gasteiger charge is 2.31. The van der Waals surface area contributed by atoms with E-state index in [1.54, 1.807) is 7.11 Å². The Bertz CT molecular complexity index is 232. The third kappa shape index (κ3) is 4.30. The van der Waals surface area contributed by atoms with Crippen LogP contribution < -0.4 is 0 Å². The molecule has 1 N–H and O–H groups in total. The lowest BCUT2D eigenvalue weighted by molar-refractivity contribution is -0.144. The smallest absolute Gasteiger partial charge is 0.308 e. The van der Waals surface area contributed by atoms with Crippen LogP contribution in [0.5, 0.6) is 0 Å². The zero-order valence-corrected chi connectivity index (χ0v) is 11.3. The number of hydrogen-bond donors (Lipinski definition) is 1. The molecule has 1 rings (SSSR count). The van der Waals surface area contributed by atoms with Crippen LogP contribution in [0.3, 0.4) is 0 Å². The zero-order chi connectivity index (χ0) is 12.8. The first-order valence-electron chi connectivity index (χ1n) is 6.78. The van der Waals surface area contributed by atoms with Gasteiger partial charge < -0.3 is 9.84 Å². The van der Waals surface area contributed by atoms with Crippen LogP contribution in [-0.4, -0.2) is 24.8 Å². The molecule has 1 aliphatic carbocycles. The molecule has 0 heterocycles. The fraction of sp³-hybridized carbons (Fsp3) is 0.929. The first-order valence-corrected chi connectivity index (χ1v) is 6.78. The lowest BCUT2D eigenvalue weighted by atomic mass is 9.77. The number of carbonyl (C=O) groups is 1. The van der Waals surface area contributed by atoms with Gasteiger partial charge in [0, 0.05) is 7.11 Å². The van der Waals surface area contributed by atoms with Gasteiger partial charge in [0.2, 0.25) is 0 Å². The van der Waals surface area contributed by atoms with Crippen LogP contribution in [0.2, 0.25) is 0 Å². The fourth-order valence-electron chi connectivity index (χ4n) is 3.16. The van der Waals surface area contributed by atoms with Gasteiger partial charge in [0.1, 0.15) is 0 Å². The Morgan fingerprint density at radius 3 is 2.35 bits per heavy atom. The Morgan fingerprint density at radius 1 is 1.35 bits per heavy atom. The maximum atomic E-state index is 11.2. The molecule has 0 spiro atoms. The van der Waals surface area contributed by atoms with Gasteiger partial charge in [-0.2, -0.15) is 0 Å². The molecule has 0 aliphatic heterocycles. The highest BCUT2D eigenvalue weighted by molar-refractivity contribution is 5.70. The zero-order valence-electron chi connectivity index (χ0n) is 11.3. The number of methoxy groups -OCH3 is 1. The monoisotopic (exact) mass is 242 g/mol. The van der Waals surface area contributed by atoms with Crippen molar-refractivity contribution in [3.63, 3.8) is 0 Å². The number of hydrogen-bond acceptors (Lipinski definition) is 2. The quantitative estimate of drug-likeness (QED) is 0.745. The van der Waals surface area contributed by atoms with Crippen molar-refractivity contribution in [1.82, 2.24) is 0 Å². The van der Waals surface area contributed by atoms with Crippen LogP contribution in [0, 0.1) is 23.7 Å². The lowest BCUT2D eigenvalue weighted by Crippen LogP contribution is -2.28. The summed E-state index contributed by atoms with van der Waals surface area (Å²) in [5.41, 5.74) is 0. The molecule has 1 saturated carbocycles. The lowest BCUT2D eigenvalue weighted by Gasteiger charge is -2.29. The minimum atomic E-state index is -0.713. The highest BCUT2D eigenvalue weighted by atomic mass is 16.5. The van der Waals surface area contributed by atoms with Crippen molar-refractivity contribution in [2.75, 3.05) is 13.7 Å². The first-order chi connectivity index (χ1) is 8.06. The van der Waals surface area contributed by atoms with Gasteiger partial charge in [0.25, 0.3) is 0 Å². The predicted octanol–water partition coefficient (Wildman–Crippen LogP) is 3.19. The molecule has 0 radical (unpaired) electrons. The molecule has 0 aromatic rings. The summed E-state index contributed by atoms with van der Waals surface area (Å²) < 4.78 is 5.03. The molecule has 1 aliphatic rings. The van der Waals surface area contributed by atoms with Gasteiger partial charge in [-0.05, 0) is 24.2 Å². The Morgan fingerprint density at radius 2 is 1.94 bits per heavy atom. The molecular formula is C14H26O3. The molecule has 2 atom stereocenters. The van der Waals surface area contributed by atoms with E-state index in [1.165, 1.54) is 25.7 Å². The van der Waals surface area contributed by atoms with E-state index in [0.717, 1.165) is 12.3 Å². The SMILES string of the molecule is COCC(CC(C(C)C)C1CCCC1)C(=O)O. The summed E-state index contributed by atoms with van der Waals surface area (Å²) in [5.74, 6) is 0.780. The molecule has 0 amide bonds. The number of rotatable bonds is 7. The van der Waals surface area contributed by atoms with Crippen LogP contribution in [-0.2, 0) is 9.53 Å². The molecule has 17 heavy (non-hydrogen) atoms. The van der Waals surface area contributed by atoms with Crippen LogP contribution in [0.4, 0.5) is 0 Å². The second kappa shape index (κ2) is 7.00. The van der Waals surface area contributed by atoms with E-state index in [4.69, 9.17) is 4.74 Å². The topological polar surface area (TPSA) is 46.5 Å². The van der Waals surface area contributed by atoms with Gasteiger partial charge in [-0.25, -0.2) is 0 Å². The van der Waals surface area contributed by atoms with Gasteiger partial charge in [-0.1, -0.05) is 39.5 Å².